The molecule has 2 heterocycles. The van der Waals surface area contributed by atoms with Crippen LogP contribution in [-0.2, 0) is 0 Å². The first kappa shape index (κ1) is 12.7. The van der Waals surface area contributed by atoms with Crippen LogP contribution in [0.2, 0.25) is 14.8 Å². The second-order valence-electron chi connectivity index (χ2n) is 5.16. The summed E-state index contributed by atoms with van der Waals surface area (Å²) in [4.78, 5) is 16.1. The van der Waals surface area contributed by atoms with Gasteiger partial charge in [-0.3, -0.25) is 0 Å². The van der Waals surface area contributed by atoms with Crippen LogP contribution in [0.25, 0.3) is 0 Å². The standard InChI is InChI=1S/C9H10N3O.3CH3.Sn/c1-13-9-7(3-2-4-12-9)8-10-5-6-11-8;;;;/h2-3H,5-6H2,1H3,(H,10,11);3*1H3;. The first-order chi connectivity index (χ1) is 8.02. The minimum atomic E-state index is -2.12. The summed E-state index contributed by atoms with van der Waals surface area (Å²) in [5.74, 6) is 1.60. The van der Waals surface area contributed by atoms with Crippen molar-refractivity contribution in [1.82, 2.24) is 10.3 Å². The SMILES string of the molecule is COc1n[c]([Sn]([CH3])([CH3])[CH3])ccc1C1=NCCN1. The summed E-state index contributed by atoms with van der Waals surface area (Å²) in [7, 11) is 1.67. The Labute approximate surface area is 106 Å². The van der Waals surface area contributed by atoms with E-state index in [1.807, 2.05) is 0 Å². The zero-order chi connectivity index (χ0) is 12.5. The van der Waals surface area contributed by atoms with E-state index in [0.29, 0.717) is 5.88 Å². The van der Waals surface area contributed by atoms with E-state index < -0.39 is 18.4 Å². The Morgan fingerprint density at radius 3 is 2.59 bits per heavy atom. The molecular weight excluding hydrogens is 321 g/mol. The fraction of sp³-hybridized carbons (Fsp3) is 0.500. The van der Waals surface area contributed by atoms with Gasteiger partial charge in [0.1, 0.15) is 0 Å². The Bertz CT molecular complexity index is 452. The zero-order valence-corrected chi connectivity index (χ0v) is 13.7. The van der Waals surface area contributed by atoms with Gasteiger partial charge in [-0.25, -0.2) is 0 Å². The maximum absolute atomic E-state index is 5.40. The number of hydrogen-bond donors (Lipinski definition) is 1. The predicted molar refractivity (Wildman–Crippen MR) is 73.2 cm³/mol. The number of rotatable bonds is 3. The van der Waals surface area contributed by atoms with Gasteiger partial charge in [-0.1, -0.05) is 0 Å². The van der Waals surface area contributed by atoms with Gasteiger partial charge in [0, 0.05) is 0 Å². The molecule has 0 aliphatic carbocycles. The van der Waals surface area contributed by atoms with Gasteiger partial charge >= 0.3 is 107 Å². The van der Waals surface area contributed by atoms with Crippen molar-refractivity contribution >= 4 is 27.9 Å². The number of pyridine rings is 1. The van der Waals surface area contributed by atoms with Crippen molar-refractivity contribution in [2.45, 2.75) is 14.8 Å². The number of methoxy groups -OCH3 is 1. The van der Waals surface area contributed by atoms with E-state index in [4.69, 9.17) is 4.74 Å². The van der Waals surface area contributed by atoms with Crippen molar-refractivity contribution in [3.63, 3.8) is 0 Å². The van der Waals surface area contributed by atoms with Gasteiger partial charge in [0.2, 0.25) is 0 Å². The van der Waals surface area contributed by atoms with Crippen LogP contribution in [0.1, 0.15) is 5.56 Å². The maximum atomic E-state index is 5.40. The second-order valence-corrected chi connectivity index (χ2v) is 19.5. The minimum absolute atomic E-state index is 0.697. The summed E-state index contributed by atoms with van der Waals surface area (Å²) in [5.41, 5.74) is 0.976. The summed E-state index contributed by atoms with van der Waals surface area (Å²) >= 11 is -2.12. The molecule has 17 heavy (non-hydrogen) atoms. The first-order valence-corrected chi connectivity index (χ1v) is 15.9. The van der Waals surface area contributed by atoms with Crippen LogP contribution in [0, 0.1) is 0 Å². The van der Waals surface area contributed by atoms with Crippen molar-refractivity contribution in [3.05, 3.63) is 17.7 Å². The van der Waals surface area contributed by atoms with Crippen molar-refractivity contribution in [3.8, 4) is 5.88 Å². The molecule has 4 nitrogen and oxygen atoms in total. The molecule has 1 N–H and O–H groups in total. The van der Waals surface area contributed by atoms with E-state index in [2.05, 4.69) is 42.2 Å². The van der Waals surface area contributed by atoms with Gasteiger partial charge in [-0.05, 0) is 0 Å². The Morgan fingerprint density at radius 1 is 1.29 bits per heavy atom. The zero-order valence-electron chi connectivity index (χ0n) is 10.9. The molecule has 0 saturated carbocycles. The summed E-state index contributed by atoms with van der Waals surface area (Å²) in [5, 5.41) is 3.25. The molecule has 0 atom stereocenters. The molecule has 1 aliphatic heterocycles. The number of hydrogen-bond acceptors (Lipinski definition) is 4. The van der Waals surface area contributed by atoms with E-state index in [1.54, 1.807) is 7.11 Å². The molecule has 0 fully saturated rings. The van der Waals surface area contributed by atoms with Crippen LogP contribution in [0.3, 0.4) is 0 Å². The van der Waals surface area contributed by atoms with Gasteiger partial charge < -0.3 is 0 Å². The van der Waals surface area contributed by atoms with Crippen molar-refractivity contribution in [2.75, 3.05) is 20.2 Å². The van der Waals surface area contributed by atoms with Crippen LogP contribution in [0.5, 0.6) is 5.88 Å². The molecule has 0 amide bonds. The first-order valence-electron chi connectivity index (χ1n) is 5.86. The molecule has 0 bridgehead atoms. The van der Waals surface area contributed by atoms with Crippen molar-refractivity contribution in [2.24, 2.45) is 4.99 Å². The van der Waals surface area contributed by atoms with E-state index in [1.165, 1.54) is 3.71 Å². The average molecular weight is 340 g/mol. The van der Waals surface area contributed by atoms with E-state index in [0.717, 1.165) is 24.5 Å². The quantitative estimate of drug-likeness (QED) is 0.835. The van der Waals surface area contributed by atoms with Gasteiger partial charge in [0.15, 0.2) is 0 Å². The summed E-state index contributed by atoms with van der Waals surface area (Å²) in [6.07, 6.45) is 0. The Hall–Kier alpha value is -0.781. The third-order valence-electron chi connectivity index (χ3n) is 2.75. The number of aromatic nitrogens is 1. The number of ether oxygens (including phenoxy) is 1. The third-order valence-corrected chi connectivity index (χ3v) is 7.93. The molecule has 2 rings (SSSR count). The number of nitrogens with zero attached hydrogens (tertiary/aromatic N) is 2. The van der Waals surface area contributed by atoms with Crippen LogP contribution < -0.4 is 13.8 Å². The number of aliphatic imine (C=N–C) groups is 1. The molecule has 0 spiro atoms. The summed E-state index contributed by atoms with van der Waals surface area (Å²) < 4.78 is 6.63. The molecule has 5 heteroatoms. The van der Waals surface area contributed by atoms with Crippen LogP contribution in [0.15, 0.2) is 17.1 Å². The predicted octanol–water partition coefficient (Wildman–Crippen LogP) is 0.985. The molecule has 0 unspecified atom stereocenters. The molecule has 1 aromatic heterocycles. The topological polar surface area (TPSA) is 46.5 Å². The van der Waals surface area contributed by atoms with Gasteiger partial charge in [-0.15, -0.1) is 0 Å². The van der Waals surface area contributed by atoms with Crippen LogP contribution in [0.4, 0.5) is 0 Å². The molecule has 0 radical (unpaired) electrons. The second kappa shape index (κ2) is 4.84. The molecular formula is C12H19N3OSn. The molecule has 1 aliphatic rings. The monoisotopic (exact) mass is 341 g/mol. The third kappa shape index (κ3) is 2.73. The molecule has 0 saturated heterocycles. The van der Waals surface area contributed by atoms with E-state index in [-0.39, 0.29) is 0 Å². The molecule has 0 aromatic carbocycles. The van der Waals surface area contributed by atoms with E-state index in [9.17, 15) is 0 Å². The van der Waals surface area contributed by atoms with E-state index >= 15 is 0 Å². The fourth-order valence-electron chi connectivity index (χ4n) is 1.77. The average Bonchev–Trinajstić information content (AvgIpc) is 2.80. The van der Waals surface area contributed by atoms with Gasteiger partial charge in [-0.2, -0.15) is 0 Å². The van der Waals surface area contributed by atoms with Crippen LogP contribution >= 0.6 is 0 Å². The Balaban J connectivity index is 2.42. The van der Waals surface area contributed by atoms with Crippen LogP contribution in [-0.4, -0.2) is 49.4 Å². The van der Waals surface area contributed by atoms with Gasteiger partial charge in [0.25, 0.3) is 0 Å². The van der Waals surface area contributed by atoms with Gasteiger partial charge in [0.05, 0.1) is 0 Å². The number of nitrogens with one attached hydrogen (secondary N) is 1. The Kier molecular flexibility index (Phi) is 3.61. The molecule has 1 aromatic rings. The van der Waals surface area contributed by atoms with Crippen molar-refractivity contribution in [1.29, 1.82) is 0 Å². The number of amidine groups is 1. The molecule has 92 valence electrons. The summed E-state index contributed by atoms with van der Waals surface area (Å²) in [6, 6.07) is 4.22. The van der Waals surface area contributed by atoms with Crippen molar-refractivity contribution < 1.29 is 4.74 Å². The summed E-state index contributed by atoms with van der Waals surface area (Å²) in [6.45, 7) is 1.73. The fourth-order valence-corrected chi connectivity index (χ4v) is 4.68. The Morgan fingerprint density at radius 2 is 2.06 bits per heavy atom. The normalized spacial score (nSPS) is 15.4.